The molecule has 0 atom stereocenters. The van der Waals surface area contributed by atoms with Crippen molar-refractivity contribution in [2.75, 3.05) is 31.6 Å². The zero-order chi connectivity index (χ0) is 18.9. The highest BCUT2D eigenvalue weighted by Gasteiger charge is 2.33. The first-order valence-electron chi connectivity index (χ1n) is 7.78. The molecule has 26 heavy (non-hydrogen) atoms. The third kappa shape index (κ3) is 3.93. The molecule has 0 bridgehead atoms. The Morgan fingerprint density at radius 3 is 2.54 bits per heavy atom. The van der Waals surface area contributed by atoms with Gasteiger partial charge in [0.1, 0.15) is 5.00 Å². The molecule has 2 aromatic rings. The van der Waals surface area contributed by atoms with Gasteiger partial charge >= 0.3 is 6.18 Å². The standard InChI is InChI=1S/C15H16F3N5O2S/c1-8-10(15(16,17)18)7-19-14(21-8)22-11-9(2)20-12(26-11)13(24)23-3-5-25-6-4-23/h7H,3-6H2,1-2H3,(H,19,21,22). The summed E-state index contributed by atoms with van der Waals surface area (Å²) in [7, 11) is 0. The van der Waals surface area contributed by atoms with Gasteiger partial charge in [0.25, 0.3) is 5.91 Å². The topological polar surface area (TPSA) is 80.2 Å². The summed E-state index contributed by atoms with van der Waals surface area (Å²) in [4.78, 5) is 25.9. The summed E-state index contributed by atoms with van der Waals surface area (Å²) >= 11 is 1.12. The number of anilines is 2. The number of thiazole rings is 1. The van der Waals surface area contributed by atoms with Crippen LogP contribution in [0, 0.1) is 13.8 Å². The van der Waals surface area contributed by atoms with Crippen molar-refractivity contribution in [3.05, 3.63) is 28.2 Å². The predicted octanol–water partition coefficient (Wildman–Crippen LogP) is 2.78. The van der Waals surface area contributed by atoms with Crippen LogP contribution in [0.1, 0.15) is 26.8 Å². The molecule has 140 valence electrons. The second-order valence-corrected chi connectivity index (χ2v) is 6.65. The quantitative estimate of drug-likeness (QED) is 0.872. The fraction of sp³-hybridized carbons (Fsp3) is 0.467. The van der Waals surface area contributed by atoms with Gasteiger partial charge in [-0.1, -0.05) is 11.3 Å². The molecule has 7 nitrogen and oxygen atoms in total. The molecule has 3 heterocycles. The molecule has 1 aliphatic rings. The van der Waals surface area contributed by atoms with E-state index in [2.05, 4.69) is 20.3 Å². The molecule has 1 saturated heterocycles. The first kappa shape index (κ1) is 18.5. The summed E-state index contributed by atoms with van der Waals surface area (Å²) < 4.78 is 43.6. The summed E-state index contributed by atoms with van der Waals surface area (Å²) in [5.41, 5.74) is -0.512. The number of carbonyl (C=O) groups excluding carboxylic acids is 1. The van der Waals surface area contributed by atoms with E-state index in [1.807, 2.05) is 0 Å². The van der Waals surface area contributed by atoms with E-state index in [1.54, 1.807) is 11.8 Å². The van der Waals surface area contributed by atoms with Crippen LogP contribution in [0.2, 0.25) is 0 Å². The summed E-state index contributed by atoms with van der Waals surface area (Å²) in [6.07, 6.45) is -3.76. The predicted molar refractivity (Wildman–Crippen MR) is 88.6 cm³/mol. The minimum absolute atomic E-state index is 0.0209. The first-order chi connectivity index (χ1) is 12.3. The number of morpholine rings is 1. The zero-order valence-corrected chi connectivity index (χ0v) is 14.9. The Labute approximate surface area is 151 Å². The maximum atomic E-state index is 12.8. The Bertz CT molecular complexity index is 818. The minimum atomic E-state index is -4.50. The fourth-order valence-electron chi connectivity index (χ4n) is 2.41. The van der Waals surface area contributed by atoms with Crippen LogP contribution in [0.5, 0.6) is 0 Å². The highest BCUT2D eigenvalue weighted by molar-refractivity contribution is 7.17. The maximum absolute atomic E-state index is 12.8. The third-order valence-corrected chi connectivity index (χ3v) is 4.85. The fourth-order valence-corrected chi connectivity index (χ4v) is 3.34. The molecular formula is C15H16F3N5O2S. The number of hydrogen-bond acceptors (Lipinski definition) is 7. The smallest absolute Gasteiger partial charge is 0.378 e. The lowest BCUT2D eigenvalue weighted by Crippen LogP contribution is -2.40. The Kier molecular flexibility index (Phi) is 5.10. The van der Waals surface area contributed by atoms with E-state index in [4.69, 9.17) is 4.74 Å². The second-order valence-electron chi connectivity index (χ2n) is 5.65. The average molecular weight is 387 g/mol. The van der Waals surface area contributed by atoms with Gasteiger partial charge in [-0.05, 0) is 13.8 Å². The Hall–Kier alpha value is -2.27. The number of nitrogens with zero attached hydrogens (tertiary/aromatic N) is 4. The Balaban J connectivity index is 1.77. The number of ether oxygens (including phenoxy) is 1. The number of nitrogens with one attached hydrogen (secondary N) is 1. The lowest BCUT2D eigenvalue weighted by atomic mass is 10.2. The van der Waals surface area contributed by atoms with Crippen molar-refractivity contribution in [3.8, 4) is 0 Å². The number of alkyl halides is 3. The highest BCUT2D eigenvalue weighted by Crippen LogP contribution is 2.32. The van der Waals surface area contributed by atoms with Gasteiger partial charge in [-0.15, -0.1) is 0 Å². The number of aromatic nitrogens is 3. The van der Waals surface area contributed by atoms with Crippen molar-refractivity contribution >= 4 is 28.2 Å². The molecule has 1 amide bonds. The van der Waals surface area contributed by atoms with Gasteiger partial charge in [0, 0.05) is 19.3 Å². The largest absolute Gasteiger partial charge is 0.419 e. The monoisotopic (exact) mass is 387 g/mol. The second kappa shape index (κ2) is 7.16. The van der Waals surface area contributed by atoms with E-state index >= 15 is 0 Å². The molecule has 0 unspecified atom stereocenters. The highest BCUT2D eigenvalue weighted by atomic mass is 32.1. The molecule has 11 heteroatoms. The Morgan fingerprint density at radius 1 is 1.23 bits per heavy atom. The molecule has 0 spiro atoms. The SMILES string of the molecule is Cc1nc(Nc2sc(C(=O)N3CCOCC3)nc2C)ncc1C(F)(F)F. The van der Waals surface area contributed by atoms with Crippen molar-refractivity contribution in [2.24, 2.45) is 0 Å². The summed E-state index contributed by atoms with van der Waals surface area (Å²) in [5, 5.41) is 3.66. The van der Waals surface area contributed by atoms with E-state index < -0.39 is 11.7 Å². The van der Waals surface area contributed by atoms with Crippen molar-refractivity contribution in [1.29, 1.82) is 0 Å². The van der Waals surface area contributed by atoms with Crippen LogP contribution in [-0.4, -0.2) is 52.1 Å². The number of aryl methyl sites for hydroxylation is 2. The van der Waals surface area contributed by atoms with Crippen LogP contribution >= 0.6 is 11.3 Å². The Morgan fingerprint density at radius 2 is 1.92 bits per heavy atom. The van der Waals surface area contributed by atoms with Gasteiger partial charge in [0.15, 0.2) is 5.01 Å². The van der Waals surface area contributed by atoms with Gasteiger partial charge in [0.2, 0.25) is 5.95 Å². The van der Waals surface area contributed by atoms with E-state index in [-0.39, 0.29) is 17.5 Å². The molecule has 0 aliphatic carbocycles. The van der Waals surface area contributed by atoms with Crippen LogP contribution in [0.3, 0.4) is 0 Å². The average Bonchev–Trinajstić information content (AvgIpc) is 2.94. The number of hydrogen-bond donors (Lipinski definition) is 1. The van der Waals surface area contributed by atoms with Crippen molar-refractivity contribution in [3.63, 3.8) is 0 Å². The van der Waals surface area contributed by atoms with Crippen LogP contribution < -0.4 is 5.32 Å². The number of amides is 1. The summed E-state index contributed by atoms with van der Waals surface area (Å²) in [5.74, 6) is -0.174. The van der Waals surface area contributed by atoms with Gasteiger partial charge in [-0.25, -0.2) is 15.0 Å². The summed E-state index contributed by atoms with van der Waals surface area (Å²) in [6.45, 7) is 4.94. The number of rotatable bonds is 3. The van der Waals surface area contributed by atoms with Crippen LogP contribution in [0.15, 0.2) is 6.20 Å². The lowest BCUT2D eigenvalue weighted by Gasteiger charge is -2.25. The lowest BCUT2D eigenvalue weighted by molar-refractivity contribution is -0.138. The first-order valence-corrected chi connectivity index (χ1v) is 8.59. The van der Waals surface area contributed by atoms with Crippen molar-refractivity contribution < 1.29 is 22.7 Å². The normalized spacial score (nSPS) is 15.2. The maximum Gasteiger partial charge on any atom is 0.419 e. The number of halogens is 3. The van der Waals surface area contributed by atoms with Gasteiger partial charge in [-0.3, -0.25) is 4.79 Å². The van der Waals surface area contributed by atoms with Crippen molar-refractivity contribution in [2.45, 2.75) is 20.0 Å². The molecule has 0 radical (unpaired) electrons. The number of carbonyl (C=O) groups is 1. The van der Waals surface area contributed by atoms with Gasteiger partial charge < -0.3 is 15.0 Å². The van der Waals surface area contributed by atoms with Crippen molar-refractivity contribution in [1.82, 2.24) is 19.9 Å². The molecule has 1 N–H and O–H groups in total. The molecule has 1 aliphatic heterocycles. The third-order valence-electron chi connectivity index (χ3n) is 3.79. The van der Waals surface area contributed by atoms with Gasteiger partial charge in [-0.2, -0.15) is 13.2 Å². The molecule has 1 fully saturated rings. The van der Waals surface area contributed by atoms with Crippen LogP contribution in [-0.2, 0) is 10.9 Å². The molecule has 3 rings (SSSR count). The van der Waals surface area contributed by atoms with E-state index in [9.17, 15) is 18.0 Å². The summed E-state index contributed by atoms with van der Waals surface area (Å²) in [6, 6.07) is 0. The van der Waals surface area contributed by atoms with E-state index in [1.165, 1.54) is 6.92 Å². The van der Waals surface area contributed by atoms with E-state index in [0.29, 0.717) is 42.0 Å². The molecule has 2 aromatic heterocycles. The van der Waals surface area contributed by atoms with E-state index in [0.717, 1.165) is 17.5 Å². The minimum Gasteiger partial charge on any atom is -0.378 e. The molecule has 0 saturated carbocycles. The zero-order valence-electron chi connectivity index (χ0n) is 14.1. The molecule has 0 aromatic carbocycles. The van der Waals surface area contributed by atoms with Crippen LogP contribution in [0.25, 0.3) is 0 Å². The van der Waals surface area contributed by atoms with Gasteiger partial charge in [0.05, 0.1) is 30.2 Å². The molecular weight excluding hydrogens is 371 g/mol. The van der Waals surface area contributed by atoms with Crippen LogP contribution in [0.4, 0.5) is 24.1 Å².